The maximum Gasteiger partial charge on any atom is -0.0398 e. The van der Waals surface area contributed by atoms with Crippen molar-refractivity contribution in [2.45, 2.75) is 13.8 Å². The first-order valence-corrected chi connectivity index (χ1v) is 4.82. The average molecular weight is 346 g/mol. The zero-order chi connectivity index (χ0) is 10.2. The lowest BCUT2D eigenvalue weighted by atomic mass is 10.2. The van der Waals surface area contributed by atoms with Gasteiger partial charge in [-0.3, -0.25) is 0 Å². The summed E-state index contributed by atoms with van der Waals surface area (Å²) in [4.78, 5) is 0. The van der Waals surface area contributed by atoms with Gasteiger partial charge in [-0.05, 0) is 13.8 Å². The summed E-state index contributed by atoms with van der Waals surface area (Å²) in [6.07, 6.45) is 0. The minimum absolute atomic E-state index is 0. The first-order chi connectivity index (χ1) is 6.79. The lowest BCUT2D eigenvalue weighted by Crippen LogP contribution is -1.62. The molecule has 2 heteroatoms. The Morgan fingerprint density at radius 2 is 0.750 bits per heavy atom. The molecule has 0 heterocycles. The molecule has 0 aliphatic rings. The summed E-state index contributed by atoms with van der Waals surface area (Å²) in [6.45, 7) is 4.17. The molecule has 0 fully saturated rings. The smallest absolute Gasteiger partial charge is 0.0398 e. The first-order valence-electron chi connectivity index (χ1n) is 4.82. The maximum absolute atomic E-state index is 2.08. The topological polar surface area (TPSA) is 0 Å². The molecule has 2 rings (SSSR count). The molecule has 0 aliphatic carbocycles. The van der Waals surface area contributed by atoms with Gasteiger partial charge in [-0.2, -0.15) is 0 Å². The third-order valence-electron chi connectivity index (χ3n) is 1.88. The lowest BCUT2D eigenvalue weighted by molar-refractivity contribution is 1.48. The highest BCUT2D eigenvalue weighted by Gasteiger charge is 1.72. The Labute approximate surface area is 119 Å². The SMILES string of the molecule is Br.Br.Cc1ccccc1.Cc1ccccc1. The number of hydrogen-bond donors (Lipinski definition) is 0. The van der Waals surface area contributed by atoms with Gasteiger partial charge in [-0.1, -0.05) is 71.8 Å². The zero-order valence-corrected chi connectivity index (χ0v) is 13.0. The normalized spacial score (nSPS) is 7.62. The number of benzene rings is 2. The predicted molar refractivity (Wildman–Crippen MR) is 83.0 cm³/mol. The molecule has 0 saturated carbocycles. The number of hydrogen-bond acceptors (Lipinski definition) is 0. The zero-order valence-electron chi connectivity index (χ0n) is 9.59. The van der Waals surface area contributed by atoms with Crippen LogP contribution in [0.25, 0.3) is 0 Å². The van der Waals surface area contributed by atoms with Gasteiger partial charge in [0, 0.05) is 0 Å². The number of aryl methyl sites for hydroxylation is 2. The van der Waals surface area contributed by atoms with Gasteiger partial charge in [0.15, 0.2) is 0 Å². The fourth-order valence-corrected chi connectivity index (χ4v) is 1.07. The van der Waals surface area contributed by atoms with E-state index in [1.54, 1.807) is 0 Å². The third kappa shape index (κ3) is 8.69. The number of rotatable bonds is 0. The van der Waals surface area contributed by atoms with E-state index in [1.807, 2.05) is 36.4 Å². The van der Waals surface area contributed by atoms with Crippen molar-refractivity contribution >= 4 is 34.0 Å². The Morgan fingerprint density at radius 1 is 0.500 bits per heavy atom. The monoisotopic (exact) mass is 344 g/mol. The molecule has 0 saturated heterocycles. The number of halogens is 2. The third-order valence-corrected chi connectivity index (χ3v) is 1.88. The lowest BCUT2D eigenvalue weighted by Gasteiger charge is -1.82. The van der Waals surface area contributed by atoms with Crippen LogP contribution in [0, 0.1) is 13.8 Å². The molecule has 0 spiro atoms. The summed E-state index contributed by atoms with van der Waals surface area (Å²) in [5.74, 6) is 0. The molecule has 0 N–H and O–H groups in total. The molecule has 88 valence electrons. The fourth-order valence-electron chi connectivity index (χ4n) is 1.07. The molecule has 0 bridgehead atoms. The Hall–Kier alpha value is -0.600. The van der Waals surface area contributed by atoms with Crippen LogP contribution >= 0.6 is 34.0 Å². The summed E-state index contributed by atoms with van der Waals surface area (Å²) >= 11 is 0. The van der Waals surface area contributed by atoms with Crippen LogP contribution in [0.2, 0.25) is 0 Å². The highest BCUT2D eigenvalue weighted by atomic mass is 79.9. The molecule has 2 aromatic rings. The van der Waals surface area contributed by atoms with Crippen LogP contribution in [0.3, 0.4) is 0 Å². The fraction of sp³-hybridized carbons (Fsp3) is 0.143. The van der Waals surface area contributed by atoms with Crippen molar-refractivity contribution in [1.29, 1.82) is 0 Å². The maximum atomic E-state index is 2.08. The summed E-state index contributed by atoms with van der Waals surface area (Å²) in [5.41, 5.74) is 2.64. The van der Waals surface area contributed by atoms with E-state index in [0.29, 0.717) is 0 Å². The Kier molecular flexibility index (Phi) is 12.1. The molecule has 0 unspecified atom stereocenters. The van der Waals surface area contributed by atoms with E-state index in [2.05, 4.69) is 38.1 Å². The van der Waals surface area contributed by atoms with Crippen LogP contribution in [-0.2, 0) is 0 Å². The van der Waals surface area contributed by atoms with E-state index in [1.165, 1.54) is 11.1 Å². The summed E-state index contributed by atoms with van der Waals surface area (Å²) in [7, 11) is 0. The minimum Gasteiger partial charge on any atom is -0.114 e. The molecule has 0 aromatic heterocycles. The Bertz CT molecular complexity index is 306. The second-order valence-corrected chi connectivity index (χ2v) is 3.31. The molecule has 0 amide bonds. The Morgan fingerprint density at radius 3 is 0.875 bits per heavy atom. The summed E-state index contributed by atoms with van der Waals surface area (Å²) in [6, 6.07) is 20.5. The van der Waals surface area contributed by atoms with Crippen molar-refractivity contribution < 1.29 is 0 Å². The predicted octanol–water partition coefficient (Wildman–Crippen LogP) is 5.15. The molecule has 0 aliphatic heterocycles. The largest absolute Gasteiger partial charge is 0.114 e. The minimum atomic E-state index is 0. The van der Waals surface area contributed by atoms with E-state index < -0.39 is 0 Å². The highest BCUT2D eigenvalue weighted by molar-refractivity contribution is 8.93. The van der Waals surface area contributed by atoms with Crippen LogP contribution in [0.5, 0.6) is 0 Å². The van der Waals surface area contributed by atoms with Gasteiger partial charge >= 0.3 is 0 Å². The second-order valence-electron chi connectivity index (χ2n) is 3.31. The van der Waals surface area contributed by atoms with Gasteiger partial charge in [0.1, 0.15) is 0 Å². The average Bonchev–Trinajstić information content (AvgIpc) is 2.21. The van der Waals surface area contributed by atoms with Gasteiger partial charge in [0.25, 0.3) is 0 Å². The van der Waals surface area contributed by atoms with Gasteiger partial charge in [-0.25, -0.2) is 0 Å². The van der Waals surface area contributed by atoms with E-state index >= 15 is 0 Å². The van der Waals surface area contributed by atoms with Crippen molar-refractivity contribution in [1.82, 2.24) is 0 Å². The van der Waals surface area contributed by atoms with Crippen molar-refractivity contribution in [3.8, 4) is 0 Å². The highest BCUT2D eigenvalue weighted by Crippen LogP contribution is 1.92. The first kappa shape index (κ1) is 17.8. The summed E-state index contributed by atoms with van der Waals surface area (Å²) in [5, 5.41) is 0. The quantitative estimate of drug-likeness (QED) is 0.619. The van der Waals surface area contributed by atoms with E-state index in [4.69, 9.17) is 0 Å². The van der Waals surface area contributed by atoms with Crippen LogP contribution in [0.15, 0.2) is 60.7 Å². The molecular weight excluding hydrogens is 328 g/mol. The molecular formula is C14H18Br2. The van der Waals surface area contributed by atoms with Gasteiger partial charge in [0.2, 0.25) is 0 Å². The molecule has 2 aromatic carbocycles. The van der Waals surface area contributed by atoms with Crippen molar-refractivity contribution in [3.05, 3.63) is 71.8 Å². The molecule has 16 heavy (non-hydrogen) atoms. The second kappa shape index (κ2) is 10.9. The van der Waals surface area contributed by atoms with Crippen molar-refractivity contribution in [3.63, 3.8) is 0 Å². The van der Waals surface area contributed by atoms with E-state index in [-0.39, 0.29) is 34.0 Å². The van der Waals surface area contributed by atoms with E-state index in [0.717, 1.165) is 0 Å². The molecule has 0 radical (unpaired) electrons. The van der Waals surface area contributed by atoms with Crippen molar-refractivity contribution in [2.75, 3.05) is 0 Å². The Balaban J connectivity index is 0. The van der Waals surface area contributed by atoms with Crippen LogP contribution in [0.1, 0.15) is 11.1 Å². The summed E-state index contributed by atoms with van der Waals surface area (Å²) < 4.78 is 0. The van der Waals surface area contributed by atoms with Gasteiger partial charge in [-0.15, -0.1) is 34.0 Å². The van der Waals surface area contributed by atoms with E-state index in [9.17, 15) is 0 Å². The molecule has 0 nitrogen and oxygen atoms in total. The van der Waals surface area contributed by atoms with Crippen molar-refractivity contribution in [2.24, 2.45) is 0 Å². The van der Waals surface area contributed by atoms with Crippen LogP contribution in [0.4, 0.5) is 0 Å². The van der Waals surface area contributed by atoms with Gasteiger partial charge < -0.3 is 0 Å². The van der Waals surface area contributed by atoms with Crippen LogP contribution < -0.4 is 0 Å². The molecule has 0 atom stereocenters. The van der Waals surface area contributed by atoms with Gasteiger partial charge in [0.05, 0.1) is 0 Å². The standard InChI is InChI=1S/2C7H8.2BrH/c2*1-7-5-3-2-4-6-7;;/h2*2-6H,1H3;2*1H. The van der Waals surface area contributed by atoms with Crippen LogP contribution in [-0.4, -0.2) is 0 Å².